The van der Waals surface area contributed by atoms with Gasteiger partial charge < -0.3 is 15.4 Å². The fourth-order valence-electron chi connectivity index (χ4n) is 1.29. The predicted molar refractivity (Wildman–Crippen MR) is 66.8 cm³/mol. The molecule has 1 rings (SSSR count). The lowest BCUT2D eigenvalue weighted by Gasteiger charge is -2.07. The van der Waals surface area contributed by atoms with E-state index in [1.807, 2.05) is 0 Å². The van der Waals surface area contributed by atoms with E-state index < -0.39 is 16.9 Å². The van der Waals surface area contributed by atoms with E-state index in [0.717, 1.165) is 0 Å². The van der Waals surface area contributed by atoms with Crippen molar-refractivity contribution in [3.63, 3.8) is 0 Å². The summed E-state index contributed by atoms with van der Waals surface area (Å²) >= 11 is 0. The van der Waals surface area contributed by atoms with E-state index in [2.05, 4.69) is 15.4 Å². The lowest BCUT2D eigenvalue weighted by Crippen LogP contribution is -2.31. The van der Waals surface area contributed by atoms with Crippen molar-refractivity contribution in [1.82, 2.24) is 5.32 Å². The number of rotatable bonds is 5. The third-order valence-electron chi connectivity index (χ3n) is 2.19. The first kappa shape index (κ1) is 14.4. The summed E-state index contributed by atoms with van der Waals surface area (Å²) in [5, 5.41) is 15.4. The smallest absolute Gasteiger partial charge is 0.319 e. The van der Waals surface area contributed by atoms with Crippen molar-refractivity contribution in [3.05, 3.63) is 34.4 Å². The van der Waals surface area contributed by atoms with Crippen molar-refractivity contribution in [2.24, 2.45) is 0 Å². The number of esters is 1. The maximum Gasteiger partial charge on any atom is 0.319 e. The summed E-state index contributed by atoms with van der Waals surface area (Å²) in [6.45, 7) is 0.0825. The van der Waals surface area contributed by atoms with Crippen LogP contribution < -0.4 is 10.6 Å². The third kappa shape index (κ3) is 4.62. The number of methoxy groups -OCH3 is 1. The molecule has 1 aromatic rings. The molecule has 2 amide bonds. The maximum absolute atomic E-state index is 11.5. The standard InChI is InChI=1S/C11H13N3O5/c1-19-10(15)6-7-12-11(16)13-8-4-2-3-5-9(8)14(17)18/h2-5H,6-7H2,1H3,(H2,12,13,16). The Morgan fingerprint density at radius 3 is 2.68 bits per heavy atom. The second-order valence-corrected chi connectivity index (χ2v) is 3.48. The van der Waals surface area contributed by atoms with Crippen LogP contribution in [-0.2, 0) is 9.53 Å². The van der Waals surface area contributed by atoms with Crippen LogP contribution in [0.1, 0.15) is 6.42 Å². The van der Waals surface area contributed by atoms with Crippen molar-refractivity contribution in [2.75, 3.05) is 19.0 Å². The van der Waals surface area contributed by atoms with Crippen molar-refractivity contribution in [1.29, 1.82) is 0 Å². The molecule has 0 spiro atoms. The molecule has 0 fully saturated rings. The number of anilines is 1. The van der Waals surface area contributed by atoms with Crippen molar-refractivity contribution in [2.45, 2.75) is 6.42 Å². The van der Waals surface area contributed by atoms with Gasteiger partial charge in [-0.05, 0) is 6.07 Å². The second kappa shape index (κ2) is 6.94. The molecule has 0 aliphatic carbocycles. The Morgan fingerprint density at radius 1 is 1.37 bits per heavy atom. The van der Waals surface area contributed by atoms with Crippen molar-refractivity contribution >= 4 is 23.4 Å². The first-order chi connectivity index (χ1) is 9.04. The van der Waals surface area contributed by atoms with Crippen LogP contribution in [0.2, 0.25) is 0 Å². The summed E-state index contributed by atoms with van der Waals surface area (Å²) in [6.07, 6.45) is 0.0286. The van der Waals surface area contributed by atoms with E-state index in [-0.39, 0.29) is 24.3 Å². The molecule has 1 aromatic carbocycles. The van der Waals surface area contributed by atoms with Crippen LogP contribution in [0.25, 0.3) is 0 Å². The van der Waals surface area contributed by atoms with Gasteiger partial charge in [0, 0.05) is 12.6 Å². The fourth-order valence-corrected chi connectivity index (χ4v) is 1.29. The summed E-state index contributed by atoms with van der Waals surface area (Å²) in [5.74, 6) is -0.453. The molecule has 0 unspecified atom stereocenters. The van der Waals surface area contributed by atoms with Gasteiger partial charge in [0.05, 0.1) is 18.5 Å². The minimum absolute atomic E-state index is 0.0286. The minimum Gasteiger partial charge on any atom is -0.469 e. The Balaban J connectivity index is 2.53. The Morgan fingerprint density at radius 2 is 2.05 bits per heavy atom. The summed E-state index contributed by atoms with van der Waals surface area (Å²) in [6, 6.07) is 5.13. The molecular formula is C11H13N3O5. The number of hydrogen-bond donors (Lipinski definition) is 2. The topological polar surface area (TPSA) is 111 Å². The number of amides is 2. The second-order valence-electron chi connectivity index (χ2n) is 3.48. The van der Waals surface area contributed by atoms with E-state index in [0.29, 0.717) is 0 Å². The summed E-state index contributed by atoms with van der Waals surface area (Å²) in [5.41, 5.74) is -0.117. The van der Waals surface area contributed by atoms with Crippen LogP contribution in [0, 0.1) is 10.1 Å². The molecule has 0 saturated heterocycles. The monoisotopic (exact) mass is 267 g/mol. The first-order valence-corrected chi connectivity index (χ1v) is 5.39. The third-order valence-corrected chi connectivity index (χ3v) is 2.19. The van der Waals surface area contributed by atoms with Gasteiger partial charge in [0.2, 0.25) is 0 Å². The van der Waals surface area contributed by atoms with E-state index >= 15 is 0 Å². The number of urea groups is 1. The van der Waals surface area contributed by atoms with Gasteiger partial charge >= 0.3 is 12.0 Å². The lowest BCUT2D eigenvalue weighted by molar-refractivity contribution is -0.383. The number of benzene rings is 1. The molecule has 0 atom stereocenters. The molecule has 0 saturated carbocycles. The van der Waals surface area contributed by atoms with Gasteiger partial charge in [0.15, 0.2) is 0 Å². The highest BCUT2D eigenvalue weighted by molar-refractivity contribution is 5.91. The fraction of sp³-hybridized carbons (Fsp3) is 0.273. The van der Waals surface area contributed by atoms with Gasteiger partial charge in [0.25, 0.3) is 5.69 Å². The van der Waals surface area contributed by atoms with Gasteiger partial charge in [-0.2, -0.15) is 0 Å². The molecule has 0 heterocycles. The zero-order valence-corrected chi connectivity index (χ0v) is 10.2. The number of carbonyl (C=O) groups is 2. The number of nitro groups is 1. The average molecular weight is 267 g/mol. The Bertz CT molecular complexity index is 489. The quantitative estimate of drug-likeness (QED) is 0.474. The van der Waals surface area contributed by atoms with Crippen LogP contribution >= 0.6 is 0 Å². The summed E-state index contributed by atoms with van der Waals surface area (Å²) < 4.78 is 4.40. The van der Waals surface area contributed by atoms with Crippen LogP contribution in [0.3, 0.4) is 0 Å². The molecule has 19 heavy (non-hydrogen) atoms. The summed E-state index contributed by atoms with van der Waals surface area (Å²) in [4.78, 5) is 32.4. The predicted octanol–water partition coefficient (Wildman–Crippen LogP) is 1.28. The molecule has 0 aromatic heterocycles. The Hall–Kier alpha value is -2.64. The molecule has 0 aliphatic rings. The SMILES string of the molecule is COC(=O)CCNC(=O)Nc1ccccc1[N+](=O)[O-]. The first-order valence-electron chi connectivity index (χ1n) is 5.39. The molecule has 102 valence electrons. The number of nitro benzene ring substituents is 1. The van der Waals surface area contributed by atoms with Gasteiger partial charge in [-0.1, -0.05) is 12.1 Å². The molecule has 8 nitrogen and oxygen atoms in total. The van der Waals surface area contributed by atoms with E-state index in [4.69, 9.17) is 0 Å². The molecule has 0 aliphatic heterocycles. The van der Waals surface area contributed by atoms with Crippen LogP contribution in [-0.4, -0.2) is 30.6 Å². The number of nitrogens with one attached hydrogen (secondary N) is 2. The Labute approximate surface area is 108 Å². The highest BCUT2D eigenvalue weighted by atomic mass is 16.6. The number of carbonyl (C=O) groups excluding carboxylic acids is 2. The normalized spacial score (nSPS) is 9.53. The number of nitrogens with zero attached hydrogens (tertiary/aromatic N) is 1. The molecular weight excluding hydrogens is 254 g/mol. The highest BCUT2D eigenvalue weighted by Gasteiger charge is 2.14. The van der Waals surface area contributed by atoms with Crippen LogP contribution in [0.15, 0.2) is 24.3 Å². The van der Waals surface area contributed by atoms with E-state index in [1.165, 1.54) is 25.3 Å². The van der Waals surface area contributed by atoms with Gasteiger partial charge in [0.1, 0.15) is 5.69 Å². The molecule has 2 N–H and O–H groups in total. The maximum atomic E-state index is 11.5. The summed E-state index contributed by atoms with van der Waals surface area (Å²) in [7, 11) is 1.25. The highest BCUT2D eigenvalue weighted by Crippen LogP contribution is 2.22. The molecule has 0 bridgehead atoms. The van der Waals surface area contributed by atoms with Crippen molar-refractivity contribution in [3.8, 4) is 0 Å². The zero-order chi connectivity index (χ0) is 14.3. The zero-order valence-electron chi connectivity index (χ0n) is 10.2. The van der Waals surface area contributed by atoms with Gasteiger partial charge in [-0.25, -0.2) is 4.79 Å². The Kier molecular flexibility index (Phi) is 5.27. The molecule has 8 heteroatoms. The number of ether oxygens (including phenoxy) is 1. The van der Waals surface area contributed by atoms with Crippen LogP contribution in [0.5, 0.6) is 0 Å². The number of hydrogen-bond acceptors (Lipinski definition) is 5. The van der Waals surface area contributed by atoms with E-state index in [9.17, 15) is 19.7 Å². The van der Waals surface area contributed by atoms with Gasteiger partial charge in [-0.3, -0.25) is 14.9 Å². The average Bonchev–Trinajstić information content (AvgIpc) is 2.38. The minimum atomic E-state index is -0.627. The van der Waals surface area contributed by atoms with Crippen LogP contribution in [0.4, 0.5) is 16.2 Å². The van der Waals surface area contributed by atoms with Gasteiger partial charge in [-0.15, -0.1) is 0 Å². The van der Waals surface area contributed by atoms with E-state index in [1.54, 1.807) is 6.07 Å². The largest absolute Gasteiger partial charge is 0.469 e. The number of para-hydroxylation sites is 2. The van der Waals surface area contributed by atoms with Crippen molar-refractivity contribution < 1.29 is 19.2 Å². The lowest BCUT2D eigenvalue weighted by atomic mass is 10.3. The molecule has 0 radical (unpaired) electrons.